The van der Waals surface area contributed by atoms with E-state index >= 15 is 0 Å². The van der Waals surface area contributed by atoms with Crippen LogP contribution in [0, 0.1) is 5.82 Å². The number of rotatable bonds is 2. The van der Waals surface area contributed by atoms with Crippen LogP contribution in [0.25, 0.3) is 0 Å². The third-order valence-corrected chi connectivity index (χ3v) is 2.37. The van der Waals surface area contributed by atoms with Crippen molar-refractivity contribution in [3.05, 3.63) is 53.9 Å². The molecule has 0 aliphatic carbocycles. The minimum Gasteiger partial charge on any atom is -0.319 e. The van der Waals surface area contributed by atoms with Crippen molar-refractivity contribution in [1.29, 1.82) is 0 Å². The van der Waals surface area contributed by atoms with Crippen LogP contribution < -0.4 is 5.32 Å². The van der Waals surface area contributed by atoms with Crippen molar-refractivity contribution in [3.63, 3.8) is 0 Å². The molecule has 0 bridgehead atoms. The Labute approximate surface area is 110 Å². The lowest BCUT2D eigenvalue weighted by Gasteiger charge is -2.11. The predicted molar refractivity (Wildman–Crippen MR) is 61.4 cm³/mol. The Morgan fingerprint density at radius 1 is 1.15 bits per heavy atom. The summed E-state index contributed by atoms with van der Waals surface area (Å²) in [5.74, 6) is -2.63. The van der Waals surface area contributed by atoms with E-state index in [1.54, 1.807) is 0 Å². The summed E-state index contributed by atoms with van der Waals surface area (Å²) >= 11 is 0. The minimum atomic E-state index is -4.86. The van der Waals surface area contributed by atoms with Crippen molar-refractivity contribution < 1.29 is 22.4 Å². The number of nitrogens with one attached hydrogen (secondary N) is 1. The Kier molecular flexibility index (Phi) is 3.64. The second kappa shape index (κ2) is 5.24. The molecule has 1 aromatic carbocycles. The summed E-state index contributed by atoms with van der Waals surface area (Å²) < 4.78 is 51.3. The number of aromatic nitrogens is 2. The molecular formula is C12H7F4N3O. The van der Waals surface area contributed by atoms with Gasteiger partial charge in [0.1, 0.15) is 12.1 Å². The predicted octanol–water partition coefficient (Wildman–Crippen LogP) is 2.89. The van der Waals surface area contributed by atoms with Crippen LogP contribution >= 0.6 is 0 Å². The van der Waals surface area contributed by atoms with Gasteiger partial charge in [-0.3, -0.25) is 4.79 Å². The molecule has 104 valence electrons. The van der Waals surface area contributed by atoms with Crippen molar-refractivity contribution in [2.24, 2.45) is 0 Å². The maximum Gasteiger partial charge on any atom is 0.419 e. The summed E-state index contributed by atoms with van der Waals surface area (Å²) in [5.41, 5.74) is -2.05. The van der Waals surface area contributed by atoms with Gasteiger partial charge >= 0.3 is 6.18 Å². The highest BCUT2D eigenvalue weighted by atomic mass is 19.4. The van der Waals surface area contributed by atoms with Crippen molar-refractivity contribution in [3.8, 4) is 0 Å². The third-order valence-electron chi connectivity index (χ3n) is 2.37. The van der Waals surface area contributed by atoms with Crippen molar-refractivity contribution >= 4 is 11.6 Å². The standard InChI is InChI=1S/C12H7F4N3O/c13-10-8(2-1-3-9(10)12(14,15)16)11(20)19-7-4-17-6-18-5-7/h1-6H,(H,19,20). The molecule has 0 aliphatic heterocycles. The molecule has 0 fully saturated rings. The lowest BCUT2D eigenvalue weighted by molar-refractivity contribution is -0.140. The number of hydrogen-bond donors (Lipinski definition) is 1. The normalized spacial score (nSPS) is 11.2. The third kappa shape index (κ3) is 2.90. The van der Waals surface area contributed by atoms with E-state index in [4.69, 9.17) is 0 Å². The Bertz CT molecular complexity index is 628. The van der Waals surface area contributed by atoms with Gasteiger partial charge in [0.2, 0.25) is 0 Å². The second-order valence-corrected chi connectivity index (χ2v) is 3.75. The van der Waals surface area contributed by atoms with E-state index in [1.807, 2.05) is 0 Å². The molecular weight excluding hydrogens is 278 g/mol. The number of amides is 1. The van der Waals surface area contributed by atoms with Crippen LogP contribution in [0.15, 0.2) is 36.9 Å². The summed E-state index contributed by atoms with van der Waals surface area (Å²) in [6, 6.07) is 2.49. The van der Waals surface area contributed by atoms with E-state index in [-0.39, 0.29) is 5.69 Å². The average molecular weight is 285 g/mol. The first-order valence-corrected chi connectivity index (χ1v) is 5.31. The molecule has 2 aromatic rings. The fourth-order valence-electron chi connectivity index (χ4n) is 1.49. The fourth-order valence-corrected chi connectivity index (χ4v) is 1.49. The smallest absolute Gasteiger partial charge is 0.319 e. The van der Waals surface area contributed by atoms with Crippen LogP contribution in [0.4, 0.5) is 23.2 Å². The van der Waals surface area contributed by atoms with Gasteiger partial charge in [-0.1, -0.05) is 6.07 Å². The lowest BCUT2D eigenvalue weighted by atomic mass is 10.1. The van der Waals surface area contributed by atoms with Gasteiger partial charge in [-0.05, 0) is 12.1 Å². The van der Waals surface area contributed by atoms with Gasteiger partial charge in [0, 0.05) is 0 Å². The first kappa shape index (κ1) is 13.9. The van der Waals surface area contributed by atoms with Crippen molar-refractivity contribution in [2.75, 3.05) is 5.32 Å². The highest BCUT2D eigenvalue weighted by Gasteiger charge is 2.35. The molecule has 0 saturated heterocycles. The highest BCUT2D eigenvalue weighted by Crippen LogP contribution is 2.32. The summed E-state index contributed by atoms with van der Waals surface area (Å²) in [6.07, 6.45) is -1.19. The van der Waals surface area contributed by atoms with Gasteiger partial charge < -0.3 is 5.32 Å². The van der Waals surface area contributed by atoms with Gasteiger partial charge in [-0.25, -0.2) is 14.4 Å². The van der Waals surface area contributed by atoms with Gasteiger partial charge in [0.15, 0.2) is 0 Å². The maximum atomic E-state index is 13.7. The number of benzene rings is 1. The van der Waals surface area contributed by atoms with Gasteiger partial charge in [-0.15, -0.1) is 0 Å². The number of carbonyl (C=O) groups excluding carboxylic acids is 1. The topological polar surface area (TPSA) is 54.9 Å². The first-order chi connectivity index (χ1) is 9.39. The Balaban J connectivity index is 2.32. The zero-order valence-electron chi connectivity index (χ0n) is 9.78. The maximum absolute atomic E-state index is 13.7. The lowest BCUT2D eigenvalue weighted by Crippen LogP contribution is -2.17. The molecule has 0 aliphatic rings. The summed E-state index contributed by atoms with van der Waals surface area (Å²) in [4.78, 5) is 19.0. The SMILES string of the molecule is O=C(Nc1cncnc1)c1cccc(C(F)(F)F)c1F. The molecule has 20 heavy (non-hydrogen) atoms. The number of halogens is 4. The molecule has 8 heteroatoms. The second-order valence-electron chi connectivity index (χ2n) is 3.75. The number of hydrogen-bond acceptors (Lipinski definition) is 3. The largest absolute Gasteiger partial charge is 0.419 e. The quantitative estimate of drug-likeness (QED) is 0.863. The van der Waals surface area contributed by atoms with Crippen LogP contribution in [0.3, 0.4) is 0 Å². The number of anilines is 1. The van der Waals surface area contributed by atoms with E-state index in [9.17, 15) is 22.4 Å². The highest BCUT2D eigenvalue weighted by molar-refractivity contribution is 6.04. The Hall–Kier alpha value is -2.51. The van der Waals surface area contributed by atoms with E-state index in [1.165, 1.54) is 18.7 Å². The minimum absolute atomic E-state index is 0.148. The van der Waals surface area contributed by atoms with Crippen LogP contribution in [-0.4, -0.2) is 15.9 Å². The summed E-state index contributed by atoms with van der Waals surface area (Å²) in [7, 11) is 0. The molecule has 1 N–H and O–H groups in total. The first-order valence-electron chi connectivity index (χ1n) is 5.31. The molecule has 0 spiro atoms. The molecule has 4 nitrogen and oxygen atoms in total. The van der Waals surface area contributed by atoms with Gasteiger partial charge in [0.05, 0.1) is 29.2 Å². The number of carbonyl (C=O) groups is 1. The molecule has 1 aromatic heterocycles. The van der Waals surface area contributed by atoms with E-state index in [0.29, 0.717) is 6.07 Å². The van der Waals surface area contributed by atoms with Gasteiger partial charge in [0.25, 0.3) is 5.91 Å². The average Bonchev–Trinajstić information content (AvgIpc) is 2.38. The molecule has 1 amide bonds. The van der Waals surface area contributed by atoms with Crippen LogP contribution in [0.1, 0.15) is 15.9 Å². The zero-order chi connectivity index (χ0) is 14.8. The zero-order valence-corrected chi connectivity index (χ0v) is 9.78. The Morgan fingerprint density at radius 3 is 2.40 bits per heavy atom. The van der Waals surface area contributed by atoms with E-state index < -0.39 is 29.0 Å². The monoisotopic (exact) mass is 285 g/mol. The molecule has 2 rings (SSSR count). The summed E-state index contributed by atoms with van der Waals surface area (Å²) in [6.45, 7) is 0. The van der Waals surface area contributed by atoms with Crippen molar-refractivity contribution in [2.45, 2.75) is 6.18 Å². The van der Waals surface area contributed by atoms with E-state index in [0.717, 1.165) is 12.1 Å². The summed E-state index contributed by atoms with van der Waals surface area (Å²) in [5, 5.41) is 2.21. The van der Waals surface area contributed by atoms with Crippen LogP contribution in [0.2, 0.25) is 0 Å². The van der Waals surface area contributed by atoms with Crippen molar-refractivity contribution in [1.82, 2.24) is 9.97 Å². The fraction of sp³-hybridized carbons (Fsp3) is 0.0833. The number of alkyl halides is 3. The van der Waals surface area contributed by atoms with E-state index in [2.05, 4.69) is 15.3 Å². The molecule has 0 atom stereocenters. The van der Waals surface area contributed by atoms with Crippen LogP contribution in [-0.2, 0) is 6.18 Å². The van der Waals surface area contributed by atoms with Gasteiger partial charge in [-0.2, -0.15) is 13.2 Å². The molecule has 1 heterocycles. The number of nitrogens with zero attached hydrogens (tertiary/aromatic N) is 2. The Morgan fingerprint density at radius 2 is 1.80 bits per heavy atom. The van der Waals surface area contributed by atoms with Crippen LogP contribution in [0.5, 0.6) is 0 Å². The molecule has 0 radical (unpaired) electrons. The molecule has 0 saturated carbocycles. The molecule has 0 unspecified atom stereocenters.